The van der Waals surface area contributed by atoms with Gasteiger partial charge in [-0.05, 0) is 49.4 Å². The fourth-order valence-electron chi connectivity index (χ4n) is 3.79. The molecule has 0 aliphatic heterocycles. The average molecular weight is 345 g/mol. The van der Waals surface area contributed by atoms with Crippen molar-refractivity contribution in [1.29, 1.82) is 0 Å². The van der Waals surface area contributed by atoms with Gasteiger partial charge in [-0.1, -0.05) is 11.3 Å². The van der Waals surface area contributed by atoms with Crippen LogP contribution in [0.15, 0.2) is 42.7 Å². The Labute approximate surface area is 150 Å². The molecular formula is C19H19N7. The largest absolute Gasteiger partial charge is 0.328 e. The predicted molar refractivity (Wildman–Crippen MR) is 98.8 cm³/mol. The average Bonchev–Trinajstić information content (AvgIpc) is 3.27. The van der Waals surface area contributed by atoms with Gasteiger partial charge >= 0.3 is 0 Å². The highest BCUT2D eigenvalue weighted by atomic mass is 15.4. The molecule has 3 heterocycles. The minimum absolute atomic E-state index is 0.321. The summed E-state index contributed by atoms with van der Waals surface area (Å²) < 4.78 is 1.77. The van der Waals surface area contributed by atoms with Crippen LogP contribution in [0.3, 0.4) is 0 Å². The molecule has 3 aromatic heterocycles. The summed E-state index contributed by atoms with van der Waals surface area (Å²) in [5.41, 5.74) is 9.33. The van der Waals surface area contributed by atoms with Crippen molar-refractivity contribution in [3.63, 3.8) is 0 Å². The summed E-state index contributed by atoms with van der Waals surface area (Å²) in [7, 11) is 0. The summed E-state index contributed by atoms with van der Waals surface area (Å²) >= 11 is 0. The third kappa shape index (κ3) is 2.70. The molecule has 0 radical (unpaired) electrons. The van der Waals surface area contributed by atoms with Crippen LogP contribution in [0.25, 0.3) is 27.8 Å². The van der Waals surface area contributed by atoms with Gasteiger partial charge in [-0.2, -0.15) is 4.68 Å². The Morgan fingerprint density at radius 3 is 2.96 bits per heavy atom. The van der Waals surface area contributed by atoms with Gasteiger partial charge in [0, 0.05) is 24.0 Å². The molecule has 2 atom stereocenters. The maximum atomic E-state index is 6.03. The Kier molecular flexibility index (Phi) is 3.60. The van der Waals surface area contributed by atoms with E-state index in [1.165, 1.54) is 0 Å². The van der Waals surface area contributed by atoms with Crippen LogP contribution in [0, 0.1) is 5.92 Å². The SMILES string of the molecule is N[C@H]1CC[C@@H](Cc2ncc3nnn(-c4ccc5ncccc5c4)c3n2)C1. The van der Waals surface area contributed by atoms with E-state index in [0.717, 1.165) is 53.7 Å². The van der Waals surface area contributed by atoms with E-state index < -0.39 is 0 Å². The maximum Gasteiger partial charge on any atom is 0.187 e. The number of fused-ring (bicyclic) bond motifs is 2. The highest BCUT2D eigenvalue weighted by molar-refractivity contribution is 5.81. The van der Waals surface area contributed by atoms with E-state index in [1.54, 1.807) is 17.1 Å². The Morgan fingerprint density at radius 2 is 2.08 bits per heavy atom. The molecule has 1 aliphatic rings. The van der Waals surface area contributed by atoms with Gasteiger partial charge in [-0.15, -0.1) is 5.10 Å². The first kappa shape index (κ1) is 15.3. The molecule has 7 heteroatoms. The molecule has 26 heavy (non-hydrogen) atoms. The minimum Gasteiger partial charge on any atom is -0.328 e. The first-order valence-corrected chi connectivity index (χ1v) is 8.94. The zero-order valence-corrected chi connectivity index (χ0v) is 14.3. The van der Waals surface area contributed by atoms with Crippen LogP contribution in [0.5, 0.6) is 0 Å². The molecule has 7 nitrogen and oxygen atoms in total. The van der Waals surface area contributed by atoms with Crippen molar-refractivity contribution >= 4 is 22.1 Å². The van der Waals surface area contributed by atoms with Crippen LogP contribution in [-0.2, 0) is 6.42 Å². The minimum atomic E-state index is 0.321. The van der Waals surface area contributed by atoms with Gasteiger partial charge in [0.05, 0.1) is 17.4 Å². The number of nitrogens with zero attached hydrogens (tertiary/aromatic N) is 6. The molecular weight excluding hydrogens is 326 g/mol. The van der Waals surface area contributed by atoms with E-state index in [2.05, 4.69) is 20.3 Å². The molecule has 0 spiro atoms. The number of rotatable bonds is 3. The Hall–Kier alpha value is -2.93. The van der Waals surface area contributed by atoms with Crippen molar-refractivity contribution in [1.82, 2.24) is 29.9 Å². The Morgan fingerprint density at radius 1 is 1.12 bits per heavy atom. The summed E-state index contributed by atoms with van der Waals surface area (Å²) in [5.74, 6) is 1.40. The molecule has 1 aliphatic carbocycles. The normalized spacial score (nSPS) is 20.2. The highest BCUT2D eigenvalue weighted by Gasteiger charge is 2.23. The fourth-order valence-corrected chi connectivity index (χ4v) is 3.79. The molecule has 1 saturated carbocycles. The van der Waals surface area contributed by atoms with Crippen molar-refractivity contribution in [2.75, 3.05) is 0 Å². The van der Waals surface area contributed by atoms with Crippen LogP contribution < -0.4 is 5.73 Å². The zero-order valence-electron chi connectivity index (χ0n) is 14.3. The second kappa shape index (κ2) is 6.10. The van der Waals surface area contributed by atoms with Crippen LogP contribution in [0.2, 0.25) is 0 Å². The molecule has 0 amide bonds. The number of hydrogen-bond donors (Lipinski definition) is 1. The number of benzene rings is 1. The van der Waals surface area contributed by atoms with E-state index in [0.29, 0.717) is 17.5 Å². The summed E-state index contributed by atoms with van der Waals surface area (Å²) in [6.45, 7) is 0. The first-order chi connectivity index (χ1) is 12.8. The highest BCUT2D eigenvalue weighted by Crippen LogP contribution is 2.27. The van der Waals surface area contributed by atoms with Gasteiger partial charge in [0.2, 0.25) is 0 Å². The lowest BCUT2D eigenvalue weighted by Gasteiger charge is -2.08. The van der Waals surface area contributed by atoms with Gasteiger partial charge < -0.3 is 5.73 Å². The second-order valence-electron chi connectivity index (χ2n) is 7.02. The van der Waals surface area contributed by atoms with Crippen LogP contribution in [0.1, 0.15) is 25.1 Å². The predicted octanol–water partition coefficient (Wildman–Crippen LogP) is 2.43. The maximum absolute atomic E-state index is 6.03. The van der Waals surface area contributed by atoms with Crippen molar-refractivity contribution in [3.05, 3.63) is 48.5 Å². The Bertz CT molecular complexity index is 1090. The summed E-state index contributed by atoms with van der Waals surface area (Å²) in [6, 6.07) is 10.3. The molecule has 2 N–H and O–H groups in total. The van der Waals surface area contributed by atoms with Gasteiger partial charge in [0.15, 0.2) is 11.2 Å². The van der Waals surface area contributed by atoms with E-state index in [4.69, 9.17) is 10.7 Å². The molecule has 1 aromatic carbocycles. The molecule has 5 rings (SSSR count). The number of hydrogen-bond acceptors (Lipinski definition) is 6. The van der Waals surface area contributed by atoms with E-state index in [9.17, 15) is 0 Å². The smallest absolute Gasteiger partial charge is 0.187 e. The van der Waals surface area contributed by atoms with Gasteiger partial charge in [-0.25, -0.2) is 9.97 Å². The van der Waals surface area contributed by atoms with E-state index in [1.807, 2.05) is 30.3 Å². The molecule has 4 aromatic rings. The zero-order chi connectivity index (χ0) is 17.5. The third-order valence-electron chi connectivity index (χ3n) is 5.13. The van der Waals surface area contributed by atoms with E-state index >= 15 is 0 Å². The molecule has 1 fully saturated rings. The third-order valence-corrected chi connectivity index (χ3v) is 5.13. The lowest BCUT2D eigenvalue weighted by Crippen LogP contribution is -2.15. The topological polar surface area (TPSA) is 95.4 Å². The summed E-state index contributed by atoms with van der Waals surface area (Å²) in [6.07, 6.45) is 7.71. The van der Waals surface area contributed by atoms with Gasteiger partial charge in [0.1, 0.15) is 5.82 Å². The van der Waals surface area contributed by atoms with Gasteiger partial charge in [0.25, 0.3) is 0 Å². The summed E-state index contributed by atoms with van der Waals surface area (Å²) in [4.78, 5) is 13.6. The molecule has 0 unspecified atom stereocenters. The Balaban J connectivity index is 1.53. The fraction of sp³-hybridized carbons (Fsp3) is 0.316. The van der Waals surface area contributed by atoms with Crippen molar-refractivity contribution in [2.45, 2.75) is 31.7 Å². The molecule has 0 bridgehead atoms. The quantitative estimate of drug-likeness (QED) is 0.613. The summed E-state index contributed by atoms with van der Waals surface area (Å²) in [5, 5.41) is 9.55. The molecule has 130 valence electrons. The van der Waals surface area contributed by atoms with E-state index in [-0.39, 0.29) is 0 Å². The lowest BCUT2D eigenvalue weighted by molar-refractivity contribution is 0.521. The standard InChI is InChI=1S/C19H19N7/c20-14-4-3-12(8-14)9-18-22-11-17-19(23-18)26(25-24-17)15-5-6-16-13(10-15)2-1-7-21-16/h1-2,5-7,10-12,14H,3-4,8-9,20H2/t12-,14+/m1/s1. The number of nitrogens with two attached hydrogens (primary N) is 1. The van der Waals surface area contributed by atoms with Crippen LogP contribution in [-0.4, -0.2) is 36.0 Å². The molecule has 0 saturated heterocycles. The van der Waals surface area contributed by atoms with Crippen molar-refractivity contribution in [3.8, 4) is 5.69 Å². The number of pyridine rings is 1. The van der Waals surface area contributed by atoms with Crippen molar-refractivity contribution in [2.24, 2.45) is 11.7 Å². The monoisotopic (exact) mass is 345 g/mol. The van der Waals surface area contributed by atoms with Crippen LogP contribution in [0.4, 0.5) is 0 Å². The van der Waals surface area contributed by atoms with Gasteiger partial charge in [-0.3, -0.25) is 4.98 Å². The second-order valence-corrected chi connectivity index (χ2v) is 7.02. The van der Waals surface area contributed by atoms with Crippen LogP contribution >= 0.6 is 0 Å². The lowest BCUT2D eigenvalue weighted by atomic mass is 10.0. The first-order valence-electron chi connectivity index (χ1n) is 8.94. The van der Waals surface area contributed by atoms with Crippen molar-refractivity contribution < 1.29 is 0 Å². The number of aromatic nitrogens is 6.